The summed E-state index contributed by atoms with van der Waals surface area (Å²) >= 11 is 0. The highest BCUT2D eigenvalue weighted by Crippen LogP contribution is 2.21. The number of hydrogen-bond donors (Lipinski definition) is 1. The van der Waals surface area contributed by atoms with Gasteiger partial charge in [0.25, 0.3) is 5.91 Å². The van der Waals surface area contributed by atoms with Crippen molar-refractivity contribution in [1.29, 1.82) is 0 Å². The van der Waals surface area contributed by atoms with Crippen molar-refractivity contribution in [3.8, 4) is 0 Å². The molecule has 8 heteroatoms. The van der Waals surface area contributed by atoms with Crippen molar-refractivity contribution in [1.82, 2.24) is 4.90 Å². The van der Waals surface area contributed by atoms with Gasteiger partial charge in [0.05, 0.1) is 37.7 Å². The van der Waals surface area contributed by atoms with Gasteiger partial charge in [-0.1, -0.05) is 6.92 Å². The summed E-state index contributed by atoms with van der Waals surface area (Å²) < 4.78 is 36.9. The summed E-state index contributed by atoms with van der Waals surface area (Å²) in [6.45, 7) is 7.73. The number of anilines is 1. The number of halogens is 1. The molecule has 28 heavy (non-hydrogen) atoms. The molecule has 0 radical (unpaired) electrons. The van der Waals surface area contributed by atoms with E-state index < -0.39 is 9.84 Å². The smallest absolute Gasteiger partial charge is 0.278 e. The molecule has 0 aromatic heterocycles. The lowest BCUT2D eigenvalue weighted by molar-refractivity contribution is -0.892. The number of benzene rings is 1. The minimum absolute atomic E-state index is 0.0469. The number of amides is 1. The predicted octanol–water partition coefficient (Wildman–Crippen LogP) is 0.345. The standard InChI is InChI=1S/C20H30FN3O3S/c1-3-16(2)24(19-8-13-28(26,27)15-19)20(25)14-22-9-11-23(12-10-22)18-6-4-17(21)5-7-18/h4-7,16,19H,3,8-15H2,1-2H3/p+1/t16-,19-/m0/s1. The molecule has 2 aliphatic heterocycles. The Bertz CT molecular complexity index is 776. The lowest BCUT2D eigenvalue weighted by Crippen LogP contribution is -3.16. The second-order valence-electron chi connectivity index (χ2n) is 8.01. The molecular weight excluding hydrogens is 381 g/mol. The Labute approximate surface area is 167 Å². The van der Waals surface area contributed by atoms with Gasteiger partial charge >= 0.3 is 0 Å². The molecule has 2 fully saturated rings. The van der Waals surface area contributed by atoms with E-state index >= 15 is 0 Å². The minimum Gasteiger partial charge on any atom is -0.360 e. The van der Waals surface area contributed by atoms with Gasteiger partial charge in [-0.05, 0) is 44.0 Å². The number of quaternary nitrogens is 1. The Morgan fingerprint density at radius 2 is 1.93 bits per heavy atom. The monoisotopic (exact) mass is 412 g/mol. The quantitative estimate of drug-likeness (QED) is 0.732. The van der Waals surface area contributed by atoms with Crippen LogP contribution in [0.4, 0.5) is 10.1 Å². The Hall–Kier alpha value is -1.67. The molecule has 2 saturated heterocycles. The van der Waals surface area contributed by atoms with Gasteiger partial charge in [-0.25, -0.2) is 12.8 Å². The number of hydrogen-bond acceptors (Lipinski definition) is 4. The van der Waals surface area contributed by atoms with Crippen molar-refractivity contribution in [2.24, 2.45) is 0 Å². The molecule has 0 spiro atoms. The number of nitrogens with zero attached hydrogens (tertiary/aromatic N) is 2. The summed E-state index contributed by atoms with van der Waals surface area (Å²) in [5.74, 6) is 0.0945. The Balaban J connectivity index is 1.58. The van der Waals surface area contributed by atoms with Crippen LogP contribution < -0.4 is 9.80 Å². The van der Waals surface area contributed by atoms with E-state index in [0.717, 1.165) is 38.3 Å². The molecule has 2 atom stereocenters. The molecule has 6 nitrogen and oxygen atoms in total. The highest BCUT2D eigenvalue weighted by molar-refractivity contribution is 7.91. The van der Waals surface area contributed by atoms with Gasteiger partial charge in [0.2, 0.25) is 0 Å². The van der Waals surface area contributed by atoms with Crippen LogP contribution in [0.1, 0.15) is 26.7 Å². The van der Waals surface area contributed by atoms with Gasteiger partial charge in [0.1, 0.15) is 5.82 Å². The minimum atomic E-state index is -3.02. The molecule has 0 saturated carbocycles. The number of nitrogens with one attached hydrogen (secondary N) is 1. The number of sulfone groups is 1. The maximum atomic E-state index is 13.1. The average molecular weight is 413 g/mol. The van der Waals surface area contributed by atoms with Gasteiger partial charge in [0.15, 0.2) is 16.4 Å². The highest BCUT2D eigenvalue weighted by Gasteiger charge is 2.37. The van der Waals surface area contributed by atoms with Gasteiger partial charge in [-0.2, -0.15) is 0 Å². The molecule has 156 valence electrons. The van der Waals surface area contributed by atoms with E-state index in [0.29, 0.717) is 13.0 Å². The molecule has 2 aliphatic rings. The van der Waals surface area contributed by atoms with E-state index in [1.807, 2.05) is 18.7 Å². The van der Waals surface area contributed by atoms with Crippen LogP contribution in [0.15, 0.2) is 24.3 Å². The Morgan fingerprint density at radius 3 is 2.46 bits per heavy atom. The third-order valence-electron chi connectivity index (χ3n) is 6.02. The van der Waals surface area contributed by atoms with E-state index in [-0.39, 0.29) is 35.3 Å². The number of rotatable bonds is 6. The number of carbonyl (C=O) groups is 1. The Morgan fingerprint density at radius 1 is 1.29 bits per heavy atom. The highest BCUT2D eigenvalue weighted by atomic mass is 32.2. The van der Waals surface area contributed by atoms with Crippen molar-refractivity contribution >= 4 is 21.4 Å². The SMILES string of the molecule is CC[C@H](C)N(C(=O)C[NH+]1CCN(c2ccc(F)cc2)CC1)[C@H]1CCS(=O)(=O)C1. The lowest BCUT2D eigenvalue weighted by Gasteiger charge is -2.37. The van der Waals surface area contributed by atoms with Crippen molar-refractivity contribution in [2.45, 2.75) is 38.8 Å². The topological polar surface area (TPSA) is 62.1 Å². The maximum Gasteiger partial charge on any atom is 0.278 e. The first-order chi connectivity index (χ1) is 13.3. The van der Waals surface area contributed by atoms with E-state index in [1.165, 1.54) is 17.0 Å². The first-order valence-corrected chi connectivity index (χ1v) is 12.0. The molecule has 3 rings (SSSR count). The van der Waals surface area contributed by atoms with Crippen molar-refractivity contribution in [3.05, 3.63) is 30.1 Å². The van der Waals surface area contributed by atoms with Crippen LogP contribution in [-0.4, -0.2) is 75.5 Å². The molecule has 0 bridgehead atoms. The molecular formula is C20H31FN3O3S+. The van der Waals surface area contributed by atoms with Gasteiger partial charge in [-0.15, -0.1) is 0 Å². The first kappa shape index (κ1) is 21.0. The summed E-state index contributed by atoms with van der Waals surface area (Å²) in [5, 5.41) is 0. The lowest BCUT2D eigenvalue weighted by atomic mass is 10.1. The van der Waals surface area contributed by atoms with E-state index in [1.54, 1.807) is 12.1 Å². The van der Waals surface area contributed by atoms with Crippen LogP contribution in [0.3, 0.4) is 0 Å². The second kappa shape index (κ2) is 8.78. The zero-order valence-corrected chi connectivity index (χ0v) is 17.5. The molecule has 2 heterocycles. The maximum absolute atomic E-state index is 13.1. The number of piperazine rings is 1. The fourth-order valence-corrected chi connectivity index (χ4v) is 5.93. The molecule has 1 N–H and O–H groups in total. The summed E-state index contributed by atoms with van der Waals surface area (Å²) in [5.41, 5.74) is 1.00. The largest absolute Gasteiger partial charge is 0.360 e. The third-order valence-corrected chi connectivity index (χ3v) is 7.77. The van der Waals surface area contributed by atoms with Gasteiger partial charge in [-0.3, -0.25) is 4.79 Å². The van der Waals surface area contributed by atoms with E-state index in [2.05, 4.69) is 4.90 Å². The van der Waals surface area contributed by atoms with Crippen LogP contribution >= 0.6 is 0 Å². The zero-order valence-electron chi connectivity index (χ0n) is 16.7. The van der Waals surface area contributed by atoms with E-state index in [4.69, 9.17) is 0 Å². The average Bonchev–Trinajstić information content (AvgIpc) is 3.02. The Kier molecular flexibility index (Phi) is 6.60. The van der Waals surface area contributed by atoms with Crippen LogP contribution in [0, 0.1) is 5.82 Å². The fourth-order valence-electron chi connectivity index (χ4n) is 4.22. The van der Waals surface area contributed by atoms with Gasteiger partial charge in [0, 0.05) is 17.8 Å². The molecule has 1 aromatic carbocycles. The molecule has 0 aliphatic carbocycles. The summed E-state index contributed by atoms with van der Waals surface area (Å²) in [4.78, 5) is 18.3. The van der Waals surface area contributed by atoms with Crippen LogP contribution in [0.5, 0.6) is 0 Å². The molecule has 0 unspecified atom stereocenters. The van der Waals surface area contributed by atoms with Crippen molar-refractivity contribution in [3.63, 3.8) is 0 Å². The van der Waals surface area contributed by atoms with Gasteiger partial charge < -0.3 is 14.7 Å². The zero-order chi connectivity index (χ0) is 20.3. The molecule has 1 amide bonds. The van der Waals surface area contributed by atoms with Crippen molar-refractivity contribution < 1.29 is 22.5 Å². The number of carbonyl (C=O) groups excluding carboxylic acids is 1. The normalized spacial score (nSPS) is 23.5. The summed E-state index contributed by atoms with van der Waals surface area (Å²) in [6.07, 6.45) is 1.36. The van der Waals surface area contributed by atoms with Crippen molar-refractivity contribution in [2.75, 3.05) is 49.1 Å². The van der Waals surface area contributed by atoms with Crippen LogP contribution in [0.25, 0.3) is 0 Å². The summed E-state index contributed by atoms with van der Waals surface area (Å²) in [6, 6.07) is 6.38. The first-order valence-electron chi connectivity index (χ1n) is 10.1. The molecule has 1 aromatic rings. The second-order valence-corrected chi connectivity index (χ2v) is 10.2. The third kappa shape index (κ3) is 5.03. The van der Waals surface area contributed by atoms with Crippen LogP contribution in [0.2, 0.25) is 0 Å². The predicted molar refractivity (Wildman–Crippen MR) is 108 cm³/mol. The summed E-state index contributed by atoms with van der Waals surface area (Å²) in [7, 11) is -3.02. The van der Waals surface area contributed by atoms with E-state index in [9.17, 15) is 17.6 Å². The fraction of sp³-hybridized carbons (Fsp3) is 0.650. The van der Waals surface area contributed by atoms with Crippen LogP contribution in [-0.2, 0) is 14.6 Å².